The van der Waals surface area contributed by atoms with Crippen LogP contribution in [0.25, 0.3) is 10.8 Å². The van der Waals surface area contributed by atoms with Crippen LogP contribution in [0.3, 0.4) is 0 Å². The maximum absolute atomic E-state index is 12.8. The van der Waals surface area contributed by atoms with Crippen molar-refractivity contribution in [1.29, 1.82) is 0 Å². The molecule has 2 N–H and O–H groups in total. The van der Waals surface area contributed by atoms with E-state index in [9.17, 15) is 9.59 Å². The van der Waals surface area contributed by atoms with E-state index in [2.05, 4.69) is 20.6 Å². The maximum Gasteiger partial charge on any atom is 0.328 e. The lowest BCUT2D eigenvalue weighted by Gasteiger charge is -2.44. The molecule has 0 aliphatic heterocycles. The second-order valence-corrected chi connectivity index (χ2v) is 9.30. The molecule has 3 aromatic rings. The average Bonchev–Trinajstić information content (AvgIpc) is 2.90. The number of aromatic nitrogens is 2. The largest absolute Gasteiger partial charge is 0.464 e. The fraction of sp³-hybridized carbons (Fsp3) is 0.357. The molecule has 2 aromatic heterocycles. The van der Waals surface area contributed by atoms with Crippen molar-refractivity contribution >= 4 is 34.0 Å². The van der Waals surface area contributed by atoms with Gasteiger partial charge in [0.15, 0.2) is 5.78 Å². The molecule has 2 aliphatic rings. The highest BCUT2D eigenvalue weighted by Crippen LogP contribution is 2.48. The molecule has 1 aromatic carbocycles. The highest BCUT2D eigenvalue weighted by molar-refractivity contribution is 6.05. The quantitative estimate of drug-likeness (QED) is 0.454. The minimum Gasteiger partial charge on any atom is -0.464 e. The zero-order chi connectivity index (χ0) is 24.3. The summed E-state index contributed by atoms with van der Waals surface area (Å²) in [6.45, 7) is 2.12. The van der Waals surface area contributed by atoms with Crippen LogP contribution in [0.2, 0.25) is 0 Å². The molecule has 0 saturated heterocycles. The van der Waals surface area contributed by atoms with E-state index in [-0.39, 0.29) is 11.8 Å². The smallest absolute Gasteiger partial charge is 0.328 e. The SMILES string of the molecule is CCOC(=O)C(Cc1ccc(Nc2nccc3ccncc23)cc1)NC1=CC(=O)C12CCCCC2. The monoisotopic (exact) mass is 470 g/mol. The molecule has 1 fully saturated rings. The predicted octanol–water partition coefficient (Wildman–Crippen LogP) is 4.85. The molecule has 7 heteroatoms. The summed E-state index contributed by atoms with van der Waals surface area (Å²) in [5.74, 6) is 0.636. The maximum atomic E-state index is 12.8. The Bertz CT molecular complexity index is 1260. The van der Waals surface area contributed by atoms with Gasteiger partial charge in [-0.1, -0.05) is 31.4 Å². The number of anilines is 2. The topological polar surface area (TPSA) is 93.2 Å². The van der Waals surface area contributed by atoms with Crippen molar-refractivity contribution in [2.24, 2.45) is 5.41 Å². The summed E-state index contributed by atoms with van der Waals surface area (Å²) in [4.78, 5) is 33.9. The van der Waals surface area contributed by atoms with Crippen molar-refractivity contribution < 1.29 is 14.3 Å². The molecule has 35 heavy (non-hydrogen) atoms. The Labute approximate surface area is 205 Å². The molecule has 180 valence electrons. The number of pyridine rings is 2. The normalized spacial score (nSPS) is 17.4. The lowest BCUT2D eigenvalue weighted by molar-refractivity contribution is -0.146. The number of rotatable bonds is 8. The third kappa shape index (κ3) is 4.63. The van der Waals surface area contributed by atoms with E-state index in [0.717, 1.165) is 65.6 Å². The molecule has 5 rings (SSSR count). The van der Waals surface area contributed by atoms with Crippen LogP contribution >= 0.6 is 0 Å². The number of nitrogens with one attached hydrogen (secondary N) is 2. The van der Waals surface area contributed by atoms with Gasteiger partial charge in [0.25, 0.3) is 0 Å². The molecule has 1 unspecified atom stereocenters. The Morgan fingerprint density at radius 2 is 1.86 bits per heavy atom. The van der Waals surface area contributed by atoms with Crippen LogP contribution < -0.4 is 10.6 Å². The van der Waals surface area contributed by atoms with E-state index < -0.39 is 11.5 Å². The van der Waals surface area contributed by atoms with Gasteiger partial charge in [-0.15, -0.1) is 0 Å². The minimum absolute atomic E-state index is 0.190. The third-order valence-corrected chi connectivity index (χ3v) is 7.09. The summed E-state index contributed by atoms with van der Waals surface area (Å²) in [6, 6.07) is 11.3. The zero-order valence-corrected chi connectivity index (χ0v) is 19.9. The van der Waals surface area contributed by atoms with Gasteiger partial charge < -0.3 is 15.4 Å². The van der Waals surface area contributed by atoms with Crippen molar-refractivity contribution in [1.82, 2.24) is 15.3 Å². The summed E-state index contributed by atoms with van der Waals surface area (Å²) in [5, 5.41) is 8.76. The first kappa shape index (κ1) is 23.0. The molecule has 1 atom stereocenters. The van der Waals surface area contributed by atoms with Crippen molar-refractivity contribution in [2.45, 2.75) is 51.5 Å². The third-order valence-electron chi connectivity index (χ3n) is 7.09. The Balaban J connectivity index is 1.30. The summed E-state index contributed by atoms with van der Waals surface area (Å²) in [7, 11) is 0. The van der Waals surface area contributed by atoms with Crippen LogP contribution in [-0.2, 0) is 20.7 Å². The number of esters is 1. The van der Waals surface area contributed by atoms with E-state index >= 15 is 0 Å². The number of ether oxygens (including phenoxy) is 1. The number of hydrogen-bond acceptors (Lipinski definition) is 7. The van der Waals surface area contributed by atoms with Gasteiger partial charge in [0.1, 0.15) is 11.9 Å². The molecule has 0 radical (unpaired) electrons. The van der Waals surface area contributed by atoms with Gasteiger partial charge in [0.05, 0.1) is 12.0 Å². The van der Waals surface area contributed by atoms with E-state index in [1.165, 1.54) is 0 Å². The number of carbonyl (C=O) groups is 2. The van der Waals surface area contributed by atoms with Crippen LogP contribution in [0.1, 0.15) is 44.6 Å². The van der Waals surface area contributed by atoms with Crippen molar-refractivity contribution in [3.63, 3.8) is 0 Å². The summed E-state index contributed by atoms with van der Waals surface area (Å²) in [6.07, 6.45) is 12.4. The van der Waals surface area contributed by atoms with Crippen LogP contribution in [0.15, 0.2) is 66.8 Å². The van der Waals surface area contributed by atoms with Crippen LogP contribution in [0.5, 0.6) is 0 Å². The Kier molecular flexibility index (Phi) is 6.49. The second-order valence-electron chi connectivity index (χ2n) is 9.30. The Morgan fingerprint density at radius 1 is 1.09 bits per heavy atom. The number of fused-ring (bicyclic) bond motifs is 1. The molecule has 0 bridgehead atoms. The van der Waals surface area contributed by atoms with E-state index in [0.29, 0.717) is 13.0 Å². The predicted molar refractivity (Wildman–Crippen MR) is 135 cm³/mol. The number of carbonyl (C=O) groups excluding carboxylic acids is 2. The number of nitrogens with zero attached hydrogens (tertiary/aromatic N) is 2. The molecular weight excluding hydrogens is 440 g/mol. The van der Waals surface area contributed by atoms with Crippen LogP contribution in [-0.4, -0.2) is 34.4 Å². The number of allylic oxidation sites excluding steroid dienone is 2. The van der Waals surface area contributed by atoms with Crippen molar-refractivity contribution in [3.05, 3.63) is 72.3 Å². The van der Waals surface area contributed by atoms with E-state index in [1.807, 2.05) is 36.4 Å². The number of hydrogen-bond donors (Lipinski definition) is 2. The average molecular weight is 471 g/mol. The Hall–Kier alpha value is -3.74. The van der Waals surface area contributed by atoms with Gasteiger partial charge in [-0.25, -0.2) is 9.78 Å². The summed E-state index contributed by atoms with van der Waals surface area (Å²) < 4.78 is 5.35. The summed E-state index contributed by atoms with van der Waals surface area (Å²) >= 11 is 0. The van der Waals surface area contributed by atoms with Gasteiger partial charge in [0, 0.05) is 47.9 Å². The van der Waals surface area contributed by atoms with Gasteiger partial charge in [-0.05, 0) is 55.0 Å². The first-order chi connectivity index (χ1) is 17.1. The van der Waals surface area contributed by atoms with E-state index in [4.69, 9.17) is 4.74 Å². The second kappa shape index (κ2) is 9.86. The molecule has 1 spiro atoms. The van der Waals surface area contributed by atoms with E-state index in [1.54, 1.807) is 31.6 Å². The number of ketones is 1. The highest BCUT2D eigenvalue weighted by atomic mass is 16.5. The van der Waals surface area contributed by atoms with Gasteiger partial charge >= 0.3 is 5.97 Å². The molecule has 7 nitrogen and oxygen atoms in total. The standard InChI is InChI=1S/C28H30N4O3/c1-2-35-27(34)23(32-24-17-25(33)28(24)12-4-3-5-13-28)16-19-6-8-21(9-7-19)31-26-22-18-29-14-10-20(22)11-15-30-26/h6-11,14-15,17-18,23,32H,2-5,12-13,16H2,1H3,(H,30,31). The first-order valence-electron chi connectivity index (χ1n) is 12.3. The van der Waals surface area contributed by atoms with Gasteiger partial charge in [0.2, 0.25) is 0 Å². The lowest BCUT2D eigenvalue weighted by atomic mass is 9.62. The van der Waals surface area contributed by atoms with Crippen LogP contribution in [0.4, 0.5) is 11.5 Å². The molecule has 1 saturated carbocycles. The Morgan fingerprint density at radius 3 is 2.60 bits per heavy atom. The summed E-state index contributed by atoms with van der Waals surface area (Å²) in [5.41, 5.74) is 2.37. The first-order valence-corrected chi connectivity index (χ1v) is 12.3. The lowest BCUT2D eigenvalue weighted by Crippen LogP contribution is -2.52. The fourth-order valence-electron chi connectivity index (χ4n) is 5.14. The van der Waals surface area contributed by atoms with Crippen LogP contribution in [0, 0.1) is 5.41 Å². The van der Waals surface area contributed by atoms with Crippen molar-refractivity contribution in [3.8, 4) is 0 Å². The molecule has 2 heterocycles. The zero-order valence-electron chi connectivity index (χ0n) is 19.9. The molecular formula is C28H30N4O3. The van der Waals surface area contributed by atoms with Crippen molar-refractivity contribution in [2.75, 3.05) is 11.9 Å². The fourth-order valence-corrected chi connectivity index (χ4v) is 5.14. The molecule has 2 aliphatic carbocycles. The number of benzene rings is 1. The van der Waals surface area contributed by atoms with Gasteiger partial charge in [-0.3, -0.25) is 9.78 Å². The molecule has 0 amide bonds. The highest BCUT2D eigenvalue weighted by Gasteiger charge is 2.49. The van der Waals surface area contributed by atoms with Gasteiger partial charge in [-0.2, -0.15) is 0 Å². The minimum atomic E-state index is -0.544.